The Labute approximate surface area is 131 Å². The number of rotatable bonds is 4. The number of anilines is 3. The summed E-state index contributed by atoms with van der Waals surface area (Å²) in [5, 5.41) is 0. The van der Waals surface area contributed by atoms with Gasteiger partial charge in [0.05, 0.1) is 5.69 Å². The molecule has 6 nitrogen and oxygen atoms in total. The highest BCUT2D eigenvalue weighted by Gasteiger charge is 2.19. The summed E-state index contributed by atoms with van der Waals surface area (Å²) in [5.74, 6) is 0.571. The first-order valence-corrected chi connectivity index (χ1v) is 6.95. The second-order valence-electron chi connectivity index (χ2n) is 5.40. The second kappa shape index (κ2) is 6.43. The third-order valence-corrected chi connectivity index (χ3v) is 3.33. The van der Waals surface area contributed by atoms with E-state index < -0.39 is 0 Å². The van der Waals surface area contributed by atoms with Crippen molar-refractivity contribution in [1.82, 2.24) is 9.97 Å². The molecule has 0 aliphatic rings. The minimum atomic E-state index is -0.167. The molecule has 0 bridgehead atoms. The third kappa shape index (κ3) is 3.16. The van der Waals surface area contributed by atoms with Crippen LogP contribution in [-0.2, 0) is 0 Å². The number of aromatic nitrogens is 2. The third-order valence-electron chi connectivity index (χ3n) is 3.33. The molecule has 116 valence electrons. The highest BCUT2D eigenvalue weighted by atomic mass is 16.2. The molecule has 0 saturated carbocycles. The van der Waals surface area contributed by atoms with Gasteiger partial charge in [-0.3, -0.25) is 9.78 Å². The molecule has 0 radical (unpaired) electrons. The molecule has 0 N–H and O–H groups in total. The van der Waals surface area contributed by atoms with Gasteiger partial charge in [0.15, 0.2) is 5.82 Å². The fourth-order valence-corrected chi connectivity index (χ4v) is 2.09. The lowest BCUT2D eigenvalue weighted by atomic mass is 10.2. The zero-order valence-corrected chi connectivity index (χ0v) is 13.6. The van der Waals surface area contributed by atoms with Gasteiger partial charge in [0, 0.05) is 53.3 Å². The first-order valence-electron chi connectivity index (χ1n) is 6.95. The van der Waals surface area contributed by atoms with Crippen molar-refractivity contribution < 1.29 is 4.79 Å². The quantitative estimate of drug-likeness (QED) is 0.863. The van der Waals surface area contributed by atoms with E-state index in [1.807, 2.05) is 56.2 Å². The molecular weight excluding hydrogens is 278 g/mol. The minimum absolute atomic E-state index is 0.167. The van der Waals surface area contributed by atoms with Gasteiger partial charge in [0.1, 0.15) is 5.69 Å². The zero-order valence-electron chi connectivity index (χ0n) is 13.6. The van der Waals surface area contributed by atoms with Gasteiger partial charge in [-0.25, -0.2) is 4.98 Å². The number of nitrogens with zero attached hydrogens (tertiary/aromatic N) is 5. The Kier molecular flexibility index (Phi) is 4.60. The smallest absolute Gasteiger partial charge is 0.276 e. The van der Waals surface area contributed by atoms with Crippen molar-refractivity contribution in [1.29, 1.82) is 0 Å². The predicted molar refractivity (Wildman–Crippen MR) is 89.9 cm³/mol. The molecular formula is C16H21N5O. The van der Waals surface area contributed by atoms with Gasteiger partial charge in [0.25, 0.3) is 5.91 Å². The fraction of sp³-hybridized carbons (Fsp3) is 0.312. The molecule has 0 aliphatic heterocycles. The summed E-state index contributed by atoms with van der Waals surface area (Å²) in [6.07, 6.45) is 3.36. The molecule has 2 aromatic rings. The first kappa shape index (κ1) is 15.8. The normalized spacial score (nSPS) is 10.2. The van der Waals surface area contributed by atoms with Crippen LogP contribution in [0.15, 0.2) is 36.7 Å². The number of amides is 1. The molecule has 6 heteroatoms. The summed E-state index contributed by atoms with van der Waals surface area (Å²) in [5.41, 5.74) is 2.09. The lowest BCUT2D eigenvalue weighted by molar-refractivity contribution is 0.0988. The Balaban J connectivity index is 2.36. The van der Waals surface area contributed by atoms with Gasteiger partial charge in [-0.1, -0.05) is 0 Å². The van der Waals surface area contributed by atoms with E-state index >= 15 is 0 Å². The lowest BCUT2D eigenvalue weighted by Crippen LogP contribution is -2.29. The van der Waals surface area contributed by atoms with Gasteiger partial charge >= 0.3 is 0 Å². The van der Waals surface area contributed by atoms with E-state index in [-0.39, 0.29) is 5.91 Å². The molecule has 22 heavy (non-hydrogen) atoms. The minimum Gasteiger partial charge on any atom is -0.378 e. The van der Waals surface area contributed by atoms with Gasteiger partial charge in [-0.2, -0.15) is 0 Å². The molecule has 0 fully saturated rings. The summed E-state index contributed by atoms with van der Waals surface area (Å²) in [6.45, 7) is 0. The van der Waals surface area contributed by atoms with E-state index in [9.17, 15) is 4.79 Å². The summed E-state index contributed by atoms with van der Waals surface area (Å²) in [7, 11) is 9.39. The maximum Gasteiger partial charge on any atom is 0.276 e. The SMILES string of the molecule is CN(C)c1ccnc(C(=O)N(C)c2cccnc2N(C)C)c1. The number of pyridine rings is 2. The molecule has 0 atom stereocenters. The van der Waals surface area contributed by atoms with Crippen LogP contribution in [0, 0.1) is 0 Å². The van der Waals surface area contributed by atoms with Crippen molar-refractivity contribution in [2.24, 2.45) is 0 Å². The van der Waals surface area contributed by atoms with E-state index in [0.717, 1.165) is 17.2 Å². The van der Waals surface area contributed by atoms with Gasteiger partial charge in [-0.15, -0.1) is 0 Å². The van der Waals surface area contributed by atoms with E-state index in [1.165, 1.54) is 0 Å². The summed E-state index contributed by atoms with van der Waals surface area (Å²) >= 11 is 0. The highest BCUT2D eigenvalue weighted by Crippen LogP contribution is 2.25. The van der Waals surface area contributed by atoms with Crippen molar-refractivity contribution in [3.8, 4) is 0 Å². The lowest BCUT2D eigenvalue weighted by Gasteiger charge is -2.23. The molecule has 0 spiro atoms. The summed E-state index contributed by atoms with van der Waals surface area (Å²) in [4.78, 5) is 26.6. The summed E-state index contributed by atoms with van der Waals surface area (Å²) < 4.78 is 0. The molecule has 2 aromatic heterocycles. The van der Waals surface area contributed by atoms with Crippen LogP contribution in [0.25, 0.3) is 0 Å². The fourth-order valence-electron chi connectivity index (χ4n) is 2.09. The number of hydrogen-bond acceptors (Lipinski definition) is 5. The molecule has 1 amide bonds. The molecule has 2 heterocycles. The van der Waals surface area contributed by atoms with Crippen LogP contribution in [0.3, 0.4) is 0 Å². The zero-order chi connectivity index (χ0) is 16.3. The van der Waals surface area contributed by atoms with Gasteiger partial charge in [-0.05, 0) is 24.3 Å². The average Bonchev–Trinajstić information content (AvgIpc) is 2.53. The average molecular weight is 299 g/mol. The number of hydrogen-bond donors (Lipinski definition) is 0. The maximum absolute atomic E-state index is 12.7. The summed E-state index contributed by atoms with van der Waals surface area (Å²) in [6, 6.07) is 7.34. The standard InChI is InChI=1S/C16H21N5O/c1-19(2)12-8-10-17-13(11-12)16(22)21(5)14-7-6-9-18-15(14)20(3)4/h6-11H,1-5H3. The van der Waals surface area contributed by atoms with Gasteiger partial charge < -0.3 is 14.7 Å². The van der Waals surface area contributed by atoms with E-state index in [2.05, 4.69) is 9.97 Å². The number of carbonyl (C=O) groups excluding carboxylic acids is 1. The van der Waals surface area contributed by atoms with Crippen molar-refractivity contribution in [3.05, 3.63) is 42.4 Å². The molecule has 2 rings (SSSR count). The maximum atomic E-state index is 12.7. The van der Waals surface area contributed by atoms with Gasteiger partial charge in [0.2, 0.25) is 0 Å². The molecule has 0 aromatic carbocycles. The van der Waals surface area contributed by atoms with Crippen LogP contribution in [0.2, 0.25) is 0 Å². The van der Waals surface area contributed by atoms with Crippen molar-refractivity contribution in [2.75, 3.05) is 49.9 Å². The highest BCUT2D eigenvalue weighted by molar-refractivity contribution is 6.06. The largest absolute Gasteiger partial charge is 0.378 e. The Bertz CT molecular complexity index is 669. The molecule has 0 aliphatic carbocycles. The van der Waals surface area contributed by atoms with Crippen LogP contribution in [-0.4, -0.2) is 51.1 Å². The van der Waals surface area contributed by atoms with E-state index in [0.29, 0.717) is 5.69 Å². The Hall–Kier alpha value is -2.63. The second-order valence-corrected chi connectivity index (χ2v) is 5.40. The van der Waals surface area contributed by atoms with Crippen LogP contribution in [0.1, 0.15) is 10.5 Å². The topological polar surface area (TPSA) is 52.6 Å². The Morgan fingerprint density at radius 1 is 0.955 bits per heavy atom. The monoisotopic (exact) mass is 299 g/mol. The van der Waals surface area contributed by atoms with Crippen LogP contribution in [0.5, 0.6) is 0 Å². The van der Waals surface area contributed by atoms with Crippen LogP contribution in [0.4, 0.5) is 17.2 Å². The first-order chi connectivity index (χ1) is 10.4. The molecule has 0 saturated heterocycles. The molecule has 0 unspecified atom stereocenters. The van der Waals surface area contributed by atoms with Crippen LogP contribution >= 0.6 is 0 Å². The number of carbonyl (C=O) groups is 1. The van der Waals surface area contributed by atoms with Crippen molar-refractivity contribution in [3.63, 3.8) is 0 Å². The van der Waals surface area contributed by atoms with Crippen molar-refractivity contribution >= 4 is 23.1 Å². The van der Waals surface area contributed by atoms with Crippen LogP contribution < -0.4 is 14.7 Å². The predicted octanol–water partition coefficient (Wildman–Crippen LogP) is 1.89. The van der Waals surface area contributed by atoms with E-state index in [4.69, 9.17) is 0 Å². The van der Waals surface area contributed by atoms with E-state index in [1.54, 1.807) is 30.4 Å². The Morgan fingerprint density at radius 2 is 1.68 bits per heavy atom. The van der Waals surface area contributed by atoms with Crippen molar-refractivity contribution in [2.45, 2.75) is 0 Å². The Morgan fingerprint density at radius 3 is 2.32 bits per heavy atom.